The summed E-state index contributed by atoms with van der Waals surface area (Å²) in [4.78, 5) is 69.9. The Bertz CT molecular complexity index is 2510. The van der Waals surface area contributed by atoms with Crippen molar-refractivity contribution in [1.29, 1.82) is 0 Å². The standard InChI is InChI=1S/C45H53N7O6.C2H5NO2.C2H6/c1-24(2)40(50-45(55)56-5)44(54)52-26(4)9-14-36(52)42-46-21-35(48-42)29-10-12-31-30(18-29)23-58-38-20-32-28(19-33(31)38)11-13-34-41(32)49-43(47-34)37-15-8-25(3)51(37)39(53)17-27-7-6-16-57-22-27;1-5-2(3)4;1-2/h10-13,18-21,24-27,36-37,40H,6-9,14-17,22-23H2,1-5H3,(H,46,48)(H,47,49)(H,50,55);1H3,(H2,3,4);1-2H3/t25-,26-,27+,36-,37-,40?;;/m0../s1. The van der Waals surface area contributed by atoms with E-state index in [9.17, 15) is 19.2 Å². The van der Waals surface area contributed by atoms with Crippen LogP contribution in [0.2, 0.25) is 0 Å². The summed E-state index contributed by atoms with van der Waals surface area (Å²) < 4.78 is 20.8. The molecule has 1 unspecified atom stereocenters. The summed E-state index contributed by atoms with van der Waals surface area (Å²) >= 11 is 0. The Morgan fingerprint density at radius 2 is 1.62 bits per heavy atom. The summed E-state index contributed by atoms with van der Waals surface area (Å²) in [5.41, 5.74) is 11.3. The third-order valence-corrected chi connectivity index (χ3v) is 13.1. The summed E-state index contributed by atoms with van der Waals surface area (Å²) in [6.45, 7) is 13.9. The maximum absolute atomic E-state index is 13.9. The number of nitrogens with one attached hydrogen (secondary N) is 3. The van der Waals surface area contributed by atoms with Crippen LogP contribution >= 0.6 is 0 Å². The van der Waals surface area contributed by atoms with Gasteiger partial charge in [0.05, 0.1) is 49.2 Å². The minimum Gasteiger partial charge on any atom is -0.488 e. The highest BCUT2D eigenvalue weighted by Crippen LogP contribution is 2.44. The number of aromatic amines is 2. The van der Waals surface area contributed by atoms with Gasteiger partial charge >= 0.3 is 12.2 Å². The number of nitrogens with two attached hydrogens (primary N) is 1. The van der Waals surface area contributed by atoms with E-state index >= 15 is 0 Å². The van der Waals surface area contributed by atoms with E-state index in [4.69, 9.17) is 24.2 Å². The normalized spacial score (nSPS) is 21.6. The fourth-order valence-corrected chi connectivity index (χ4v) is 9.76. The number of carbonyl (C=O) groups excluding carboxylic acids is 4. The Balaban J connectivity index is 0.000000844. The zero-order valence-electron chi connectivity index (χ0n) is 38.9. The number of amides is 4. The van der Waals surface area contributed by atoms with E-state index in [0.29, 0.717) is 19.6 Å². The first-order valence-electron chi connectivity index (χ1n) is 23.0. The second-order valence-corrected chi connectivity index (χ2v) is 17.6. The highest BCUT2D eigenvalue weighted by Gasteiger charge is 2.42. The molecule has 0 spiro atoms. The van der Waals surface area contributed by atoms with Crippen LogP contribution in [0.15, 0.2) is 48.7 Å². The lowest BCUT2D eigenvalue weighted by Gasteiger charge is -2.32. The summed E-state index contributed by atoms with van der Waals surface area (Å²) in [7, 11) is 2.52. The van der Waals surface area contributed by atoms with Gasteiger partial charge in [-0.2, -0.15) is 0 Å². The van der Waals surface area contributed by atoms with Crippen molar-refractivity contribution in [3.8, 4) is 28.1 Å². The fourth-order valence-electron chi connectivity index (χ4n) is 9.76. The van der Waals surface area contributed by atoms with Gasteiger partial charge in [-0.05, 0) is 111 Å². The third kappa shape index (κ3) is 9.77. The largest absolute Gasteiger partial charge is 0.488 e. The quantitative estimate of drug-likeness (QED) is 0.117. The smallest absolute Gasteiger partial charge is 0.407 e. The number of hydrogen-bond donors (Lipinski definition) is 4. The highest BCUT2D eigenvalue weighted by molar-refractivity contribution is 6.07. The number of hydrogen-bond acceptors (Lipinski definition) is 10. The third-order valence-electron chi connectivity index (χ3n) is 13.1. The molecule has 4 aliphatic heterocycles. The molecule has 16 nitrogen and oxygen atoms in total. The first kappa shape index (κ1) is 46.8. The molecule has 4 amide bonds. The van der Waals surface area contributed by atoms with Crippen LogP contribution < -0.4 is 15.8 Å². The number of nitrogens with zero attached hydrogens (tertiary/aromatic N) is 4. The Morgan fingerprint density at radius 3 is 2.29 bits per heavy atom. The number of primary amides is 1. The average Bonchev–Trinajstić information content (AvgIpc) is 4.14. The number of benzene rings is 3. The van der Waals surface area contributed by atoms with Crippen molar-refractivity contribution in [2.75, 3.05) is 27.4 Å². The zero-order valence-corrected chi connectivity index (χ0v) is 38.9. The number of fused-ring (bicyclic) bond motifs is 6. The van der Waals surface area contributed by atoms with Crippen molar-refractivity contribution in [2.24, 2.45) is 17.6 Å². The van der Waals surface area contributed by atoms with E-state index < -0.39 is 18.2 Å². The van der Waals surface area contributed by atoms with Gasteiger partial charge in [-0.1, -0.05) is 45.9 Å². The molecule has 5 N–H and O–H groups in total. The molecular weight excluding hydrogens is 829 g/mol. The molecule has 0 aliphatic carbocycles. The summed E-state index contributed by atoms with van der Waals surface area (Å²) in [6, 6.07) is 14.1. The molecule has 3 fully saturated rings. The Kier molecular flexibility index (Phi) is 14.7. The zero-order chi connectivity index (χ0) is 46.5. The van der Waals surface area contributed by atoms with Gasteiger partial charge in [-0.15, -0.1) is 0 Å². The number of methoxy groups -OCH3 is 2. The molecule has 9 rings (SSSR count). The summed E-state index contributed by atoms with van der Waals surface area (Å²) in [5.74, 6) is 2.61. The van der Waals surface area contributed by atoms with Crippen LogP contribution in [0.5, 0.6) is 5.75 Å². The molecule has 65 heavy (non-hydrogen) atoms. The maximum Gasteiger partial charge on any atom is 0.407 e. The summed E-state index contributed by atoms with van der Waals surface area (Å²) in [5, 5.41) is 4.82. The van der Waals surface area contributed by atoms with Gasteiger partial charge in [-0.25, -0.2) is 19.6 Å². The molecule has 0 bridgehead atoms. The van der Waals surface area contributed by atoms with Crippen molar-refractivity contribution in [1.82, 2.24) is 35.1 Å². The van der Waals surface area contributed by atoms with Crippen molar-refractivity contribution < 1.29 is 38.1 Å². The monoisotopic (exact) mass is 892 g/mol. The molecule has 6 atom stereocenters. The van der Waals surface area contributed by atoms with Gasteiger partial charge in [0, 0.05) is 42.7 Å². The van der Waals surface area contributed by atoms with Crippen molar-refractivity contribution in [2.45, 2.75) is 123 Å². The number of likely N-dealkylation sites (tertiary alicyclic amines) is 2. The van der Waals surface area contributed by atoms with E-state index in [2.05, 4.69) is 80.0 Å². The second-order valence-electron chi connectivity index (χ2n) is 17.6. The molecule has 0 radical (unpaired) electrons. The van der Waals surface area contributed by atoms with Crippen LogP contribution in [0.25, 0.3) is 44.2 Å². The Hall–Kier alpha value is -6.16. The molecule has 5 aromatic rings. The Labute approximate surface area is 380 Å². The van der Waals surface area contributed by atoms with Crippen LogP contribution in [0.1, 0.15) is 116 Å². The van der Waals surface area contributed by atoms with E-state index in [1.807, 2.05) is 45.7 Å². The summed E-state index contributed by atoms with van der Waals surface area (Å²) in [6.07, 6.45) is 6.49. The van der Waals surface area contributed by atoms with Crippen LogP contribution in [0.3, 0.4) is 0 Å². The SMILES string of the molecule is CC.COC(=O)NC(C(=O)N1[C@@H](C)CC[C@H]1c1ncc(-c2ccc3c(c2)COc2cc4c(ccc5[nH]c([C@@H]6CC[C@H](C)N6C(=O)C[C@H]6CCCOC6)nc54)cc2-3)[nH]1)C(C)C.COC(N)=O. The number of imidazole rings is 2. The van der Waals surface area contributed by atoms with Crippen LogP contribution in [0, 0.1) is 11.8 Å². The lowest BCUT2D eigenvalue weighted by atomic mass is 9.92. The number of H-pyrrole nitrogens is 2. The molecule has 348 valence electrons. The number of alkyl carbamates (subject to hydrolysis) is 1. The maximum atomic E-state index is 13.9. The van der Waals surface area contributed by atoms with Crippen molar-refractivity contribution >= 4 is 45.8 Å². The molecule has 4 aliphatic rings. The van der Waals surface area contributed by atoms with E-state index in [1.54, 1.807) is 0 Å². The molecule has 16 heteroatoms. The predicted octanol–water partition coefficient (Wildman–Crippen LogP) is 8.70. The van der Waals surface area contributed by atoms with Gasteiger partial charge in [-0.3, -0.25) is 9.59 Å². The molecule has 3 saturated heterocycles. The van der Waals surface area contributed by atoms with Crippen LogP contribution in [0.4, 0.5) is 9.59 Å². The van der Waals surface area contributed by atoms with Crippen LogP contribution in [-0.4, -0.2) is 99.3 Å². The topological polar surface area (TPSA) is 207 Å². The second kappa shape index (κ2) is 20.3. The van der Waals surface area contributed by atoms with E-state index in [0.717, 1.165) is 112 Å². The molecule has 2 aromatic heterocycles. The lowest BCUT2D eigenvalue weighted by Crippen LogP contribution is -2.52. The minimum absolute atomic E-state index is 0.000876. The molecule has 6 heterocycles. The lowest BCUT2D eigenvalue weighted by molar-refractivity contribution is -0.137. The molecular formula is C49H64N8O8. The van der Waals surface area contributed by atoms with Crippen molar-refractivity contribution in [3.63, 3.8) is 0 Å². The van der Waals surface area contributed by atoms with Crippen molar-refractivity contribution in [3.05, 3.63) is 65.9 Å². The minimum atomic E-state index is -0.745. The van der Waals surface area contributed by atoms with Gasteiger partial charge in [0.1, 0.15) is 30.0 Å². The van der Waals surface area contributed by atoms with Gasteiger partial charge in [0.15, 0.2) is 0 Å². The predicted molar refractivity (Wildman–Crippen MR) is 248 cm³/mol. The average molecular weight is 893 g/mol. The van der Waals surface area contributed by atoms with Gasteiger partial charge in [0.2, 0.25) is 11.8 Å². The number of ether oxygens (including phenoxy) is 4. The van der Waals surface area contributed by atoms with Crippen LogP contribution in [-0.2, 0) is 30.4 Å². The number of aromatic nitrogens is 4. The first-order valence-corrected chi connectivity index (χ1v) is 23.0. The highest BCUT2D eigenvalue weighted by atomic mass is 16.5. The van der Waals surface area contributed by atoms with E-state index in [-0.39, 0.29) is 47.8 Å². The first-order chi connectivity index (χ1) is 31.3. The Morgan fingerprint density at radius 1 is 0.892 bits per heavy atom. The number of rotatable bonds is 8. The fraction of sp³-hybridized carbons (Fsp3) is 0.510. The van der Waals surface area contributed by atoms with Gasteiger partial charge < -0.3 is 49.8 Å². The van der Waals surface area contributed by atoms with E-state index in [1.165, 1.54) is 14.2 Å². The number of carbonyl (C=O) groups is 4. The van der Waals surface area contributed by atoms with Gasteiger partial charge in [0.25, 0.3) is 0 Å². The molecule has 3 aromatic carbocycles. The molecule has 0 saturated carbocycles.